The Balaban J connectivity index is 0.00000361. The van der Waals surface area contributed by atoms with Gasteiger partial charge in [0, 0.05) is 13.7 Å². The molecule has 1 amide bonds. The SMILES string of the molecule is COCC(N)C(=O)NCCc1c(C)cc(C)cc1C.Cl. The van der Waals surface area contributed by atoms with E-state index < -0.39 is 6.04 Å². The van der Waals surface area contributed by atoms with Crippen molar-refractivity contribution in [1.29, 1.82) is 0 Å². The summed E-state index contributed by atoms with van der Waals surface area (Å²) in [5.74, 6) is -0.163. The van der Waals surface area contributed by atoms with Gasteiger partial charge in [-0.3, -0.25) is 4.79 Å². The molecule has 0 heterocycles. The molecule has 0 aliphatic carbocycles. The zero-order valence-corrected chi connectivity index (χ0v) is 13.5. The van der Waals surface area contributed by atoms with Gasteiger partial charge in [0.1, 0.15) is 6.04 Å². The van der Waals surface area contributed by atoms with Crippen LogP contribution in [0.25, 0.3) is 0 Å². The summed E-state index contributed by atoms with van der Waals surface area (Å²) in [6.45, 7) is 7.15. The van der Waals surface area contributed by atoms with E-state index in [1.54, 1.807) is 0 Å². The number of benzene rings is 1. The number of amides is 1. The first-order chi connectivity index (χ1) is 8.95. The Morgan fingerprint density at radius 2 is 1.85 bits per heavy atom. The molecule has 0 radical (unpaired) electrons. The molecule has 5 heteroatoms. The van der Waals surface area contributed by atoms with Crippen LogP contribution in [-0.4, -0.2) is 32.2 Å². The van der Waals surface area contributed by atoms with E-state index in [4.69, 9.17) is 10.5 Å². The Labute approximate surface area is 127 Å². The van der Waals surface area contributed by atoms with Crippen molar-refractivity contribution in [3.63, 3.8) is 0 Å². The molecule has 114 valence electrons. The number of aryl methyl sites for hydroxylation is 3. The fraction of sp³-hybridized carbons (Fsp3) is 0.533. The maximum atomic E-state index is 11.6. The highest BCUT2D eigenvalue weighted by molar-refractivity contribution is 5.85. The van der Waals surface area contributed by atoms with E-state index in [1.807, 2.05) is 0 Å². The van der Waals surface area contributed by atoms with Crippen LogP contribution >= 0.6 is 12.4 Å². The summed E-state index contributed by atoms with van der Waals surface area (Å²) in [5, 5.41) is 2.84. The fourth-order valence-corrected chi connectivity index (χ4v) is 2.30. The molecule has 0 saturated carbocycles. The number of nitrogens with one attached hydrogen (secondary N) is 1. The number of ether oxygens (including phenoxy) is 1. The zero-order chi connectivity index (χ0) is 14.4. The van der Waals surface area contributed by atoms with Crippen molar-refractivity contribution < 1.29 is 9.53 Å². The molecule has 1 rings (SSSR count). The molecule has 1 atom stereocenters. The lowest BCUT2D eigenvalue weighted by Crippen LogP contribution is -2.44. The molecule has 0 spiro atoms. The quantitative estimate of drug-likeness (QED) is 0.840. The van der Waals surface area contributed by atoms with E-state index in [1.165, 1.54) is 29.4 Å². The van der Waals surface area contributed by atoms with Gasteiger partial charge in [0.25, 0.3) is 0 Å². The minimum Gasteiger partial charge on any atom is -0.383 e. The normalized spacial score (nSPS) is 11.7. The molecule has 0 fully saturated rings. The minimum absolute atomic E-state index is 0. The Bertz CT molecular complexity index is 426. The van der Waals surface area contributed by atoms with Crippen LogP contribution in [0.4, 0.5) is 0 Å². The summed E-state index contributed by atoms with van der Waals surface area (Å²) in [5.41, 5.74) is 10.8. The Morgan fingerprint density at radius 3 is 2.35 bits per heavy atom. The van der Waals surface area contributed by atoms with Gasteiger partial charge < -0.3 is 15.8 Å². The van der Waals surface area contributed by atoms with E-state index in [-0.39, 0.29) is 24.9 Å². The monoisotopic (exact) mass is 300 g/mol. The molecule has 1 unspecified atom stereocenters. The molecule has 20 heavy (non-hydrogen) atoms. The van der Waals surface area contributed by atoms with Crippen molar-refractivity contribution in [2.75, 3.05) is 20.3 Å². The van der Waals surface area contributed by atoms with Crippen molar-refractivity contribution in [2.45, 2.75) is 33.2 Å². The number of methoxy groups -OCH3 is 1. The largest absolute Gasteiger partial charge is 0.383 e. The molecule has 0 aliphatic heterocycles. The van der Waals surface area contributed by atoms with Gasteiger partial charge in [-0.1, -0.05) is 17.7 Å². The van der Waals surface area contributed by atoms with Gasteiger partial charge in [0.2, 0.25) is 5.91 Å². The van der Waals surface area contributed by atoms with Crippen LogP contribution in [0.3, 0.4) is 0 Å². The second-order valence-corrected chi connectivity index (χ2v) is 4.98. The maximum Gasteiger partial charge on any atom is 0.239 e. The summed E-state index contributed by atoms with van der Waals surface area (Å²) in [6.07, 6.45) is 0.823. The standard InChI is InChI=1S/C15H24N2O2.ClH/c1-10-7-11(2)13(12(3)8-10)5-6-17-15(18)14(16)9-19-4;/h7-8,14H,5-6,9,16H2,1-4H3,(H,17,18);1H. The highest BCUT2D eigenvalue weighted by atomic mass is 35.5. The zero-order valence-electron chi connectivity index (χ0n) is 12.7. The van der Waals surface area contributed by atoms with E-state index in [0.717, 1.165) is 6.42 Å². The van der Waals surface area contributed by atoms with E-state index in [9.17, 15) is 4.79 Å². The predicted octanol–water partition coefficient (Wildman–Crippen LogP) is 1.67. The van der Waals surface area contributed by atoms with Crippen molar-refractivity contribution in [1.82, 2.24) is 5.32 Å². The Kier molecular flexibility index (Phi) is 8.46. The topological polar surface area (TPSA) is 64.3 Å². The van der Waals surface area contributed by atoms with E-state index >= 15 is 0 Å². The number of rotatable bonds is 6. The molecule has 1 aromatic carbocycles. The Hall–Kier alpha value is -1.10. The predicted molar refractivity (Wildman–Crippen MR) is 84.5 cm³/mol. The summed E-state index contributed by atoms with van der Waals surface area (Å²) in [6, 6.07) is 3.74. The van der Waals surface area contributed by atoms with Gasteiger partial charge in [-0.15, -0.1) is 12.4 Å². The second-order valence-electron chi connectivity index (χ2n) is 4.98. The van der Waals surface area contributed by atoms with Crippen molar-refractivity contribution >= 4 is 18.3 Å². The minimum atomic E-state index is -0.592. The number of carbonyl (C=O) groups is 1. The summed E-state index contributed by atoms with van der Waals surface area (Å²) in [4.78, 5) is 11.6. The molecule has 0 bridgehead atoms. The number of carbonyl (C=O) groups excluding carboxylic acids is 1. The highest BCUT2D eigenvalue weighted by Gasteiger charge is 2.12. The summed E-state index contributed by atoms with van der Waals surface area (Å²) >= 11 is 0. The number of hydrogen-bond acceptors (Lipinski definition) is 3. The molecule has 3 N–H and O–H groups in total. The lowest BCUT2D eigenvalue weighted by molar-refractivity contribution is -0.123. The average Bonchev–Trinajstić information content (AvgIpc) is 2.32. The van der Waals surface area contributed by atoms with Gasteiger partial charge in [0.05, 0.1) is 6.61 Å². The molecular formula is C15H25ClN2O2. The van der Waals surface area contributed by atoms with Crippen molar-refractivity contribution in [3.8, 4) is 0 Å². The Morgan fingerprint density at radius 1 is 1.30 bits per heavy atom. The van der Waals surface area contributed by atoms with Gasteiger partial charge >= 0.3 is 0 Å². The first kappa shape index (κ1) is 18.9. The van der Waals surface area contributed by atoms with Crippen LogP contribution in [0.15, 0.2) is 12.1 Å². The lowest BCUT2D eigenvalue weighted by Gasteiger charge is -2.14. The van der Waals surface area contributed by atoms with Gasteiger partial charge in [0.15, 0.2) is 0 Å². The van der Waals surface area contributed by atoms with Crippen LogP contribution in [-0.2, 0) is 16.0 Å². The average molecular weight is 301 g/mol. The molecule has 1 aromatic rings. The van der Waals surface area contributed by atoms with Gasteiger partial charge in [-0.05, 0) is 43.9 Å². The molecule has 4 nitrogen and oxygen atoms in total. The number of nitrogens with two attached hydrogens (primary N) is 1. The first-order valence-corrected chi connectivity index (χ1v) is 6.54. The third kappa shape index (κ3) is 5.49. The maximum absolute atomic E-state index is 11.6. The molecule has 0 aromatic heterocycles. The second kappa shape index (κ2) is 8.95. The highest BCUT2D eigenvalue weighted by Crippen LogP contribution is 2.16. The van der Waals surface area contributed by atoms with E-state index in [2.05, 4.69) is 38.2 Å². The van der Waals surface area contributed by atoms with Gasteiger partial charge in [-0.2, -0.15) is 0 Å². The first-order valence-electron chi connectivity index (χ1n) is 6.54. The molecular weight excluding hydrogens is 276 g/mol. The van der Waals surface area contributed by atoms with E-state index in [0.29, 0.717) is 6.54 Å². The summed E-state index contributed by atoms with van der Waals surface area (Å²) in [7, 11) is 1.53. The van der Waals surface area contributed by atoms with Crippen LogP contribution in [0.1, 0.15) is 22.3 Å². The third-order valence-corrected chi connectivity index (χ3v) is 3.20. The molecule has 0 saturated heterocycles. The smallest absolute Gasteiger partial charge is 0.239 e. The van der Waals surface area contributed by atoms with Crippen molar-refractivity contribution in [2.24, 2.45) is 5.73 Å². The van der Waals surface area contributed by atoms with Crippen LogP contribution in [0.5, 0.6) is 0 Å². The van der Waals surface area contributed by atoms with Crippen LogP contribution < -0.4 is 11.1 Å². The van der Waals surface area contributed by atoms with Gasteiger partial charge in [-0.25, -0.2) is 0 Å². The fourth-order valence-electron chi connectivity index (χ4n) is 2.30. The lowest BCUT2D eigenvalue weighted by atomic mass is 9.97. The molecule has 0 aliphatic rings. The third-order valence-electron chi connectivity index (χ3n) is 3.20. The van der Waals surface area contributed by atoms with Crippen molar-refractivity contribution in [3.05, 3.63) is 34.4 Å². The number of hydrogen-bond donors (Lipinski definition) is 2. The van der Waals surface area contributed by atoms with Crippen LogP contribution in [0.2, 0.25) is 0 Å². The summed E-state index contributed by atoms with van der Waals surface area (Å²) < 4.78 is 4.85. The number of halogens is 1. The van der Waals surface area contributed by atoms with Crippen LogP contribution in [0, 0.1) is 20.8 Å².